The van der Waals surface area contributed by atoms with Crippen LogP contribution in [-0.2, 0) is 14.3 Å². The minimum Gasteiger partial charge on any atom is -0.462 e. The SMILES string of the molecule is CCOCCOC(=O)[C@@H](C)n1cnc2sc(C(=O)Nc3ccccc3C)c(C)c2c1=O. The molecule has 1 atom stereocenters. The molecule has 31 heavy (non-hydrogen) atoms. The van der Waals surface area contributed by atoms with Crippen LogP contribution in [0.5, 0.6) is 0 Å². The fraction of sp³-hybridized carbons (Fsp3) is 0.364. The number of rotatable bonds is 8. The highest BCUT2D eigenvalue weighted by atomic mass is 32.1. The number of nitrogens with zero attached hydrogens (tertiary/aromatic N) is 2. The predicted molar refractivity (Wildman–Crippen MR) is 120 cm³/mol. The van der Waals surface area contributed by atoms with Gasteiger partial charge in [-0.1, -0.05) is 18.2 Å². The third-order valence-corrected chi connectivity index (χ3v) is 6.11. The number of carbonyl (C=O) groups excluding carboxylic acids is 2. The number of hydrogen-bond donors (Lipinski definition) is 1. The fourth-order valence-corrected chi connectivity index (χ4v) is 4.14. The zero-order chi connectivity index (χ0) is 22.5. The van der Waals surface area contributed by atoms with Crippen molar-refractivity contribution in [3.05, 3.63) is 57.0 Å². The molecule has 9 heteroatoms. The van der Waals surface area contributed by atoms with Crippen LogP contribution in [0.2, 0.25) is 0 Å². The van der Waals surface area contributed by atoms with Crippen LogP contribution in [-0.4, -0.2) is 41.2 Å². The van der Waals surface area contributed by atoms with E-state index in [1.54, 1.807) is 13.8 Å². The van der Waals surface area contributed by atoms with Gasteiger partial charge in [-0.3, -0.25) is 14.2 Å². The average Bonchev–Trinajstić information content (AvgIpc) is 3.10. The minimum atomic E-state index is -0.852. The fourth-order valence-electron chi connectivity index (χ4n) is 3.10. The zero-order valence-corrected chi connectivity index (χ0v) is 18.7. The van der Waals surface area contributed by atoms with Crippen molar-refractivity contribution in [3.8, 4) is 0 Å². The van der Waals surface area contributed by atoms with Gasteiger partial charge in [-0.05, 0) is 44.9 Å². The van der Waals surface area contributed by atoms with E-state index in [0.29, 0.717) is 39.6 Å². The van der Waals surface area contributed by atoms with Gasteiger partial charge in [0, 0.05) is 12.3 Å². The second-order valence-electron chi connectivity index (χ2n) is 7.00. The van der Waals surface area contributed by atoms with Crippen molar-refractivity contribution >= 4 is 39.1 Å². The number of benzene rings is 1. The van der Waals surface area contributed by atoms with Crippen molar-refractivity contribution in [3.63, 3.8) is 0 Å². The number of hydrogen-bond acceptors (Lipinski definition) is 7. The Balaban J connectivity index is 1.87. The standard InChI is InChI=1S/C22H25N3O5S/c1-5-29-10-11-30-22(28)15(4)25-12-23-20-17(21(25)27)14(3)18(31-20)19(26)24-16-9-7-6-8-13(16)2/h6-9,12,15H,5,10-11H2,1-4H3,(H,24,26)/t15-/m1/s1. The molecule has 8 nitrogen and oxygen atoms in total. The summed E-state index contributed by atoms with van der Waals surface area (Å²) in [6.45, 7) is 7.98. The van der Waals surface area contributed by atoms with E-state index in [1.807, 2.05) is 38.1 Å². The number of carbonyl (C=O) groups is 2. The highest BCUT2D eigenvalue weighted by Gasteiger charge is 2.23. The van der Waals surface area contributed by atoms with E-state index in [9.17, 15) is 14.4 Å². The summed E-state index contributed by atoms with van der Waals surface area (Å²) >= 11 is 1.15. The molecule has 2 aromatic heterocycles. The van der Waals surface area contributed by atoms with Gasteiger partial charge in [-0.2, -0.15) is 0 Å². The molecule has 0 unspecified atom stereocenters. The van der Waals surface area contributed by atoms with E-state index in [4.69, 9.17) is 9.47 Å². The molecule has 0 aliphatic carbocycles. The normalized spacial score (nSPS) is 12.0. The number of thiophene rings is 1. The molecule has 0 saturated heterocycles. The zero-order valence-electron chi connectivity index (χ0n) is 17.9. The summed E-state index contributed by atoms with van der Waals surface area (Å²) in [4.78, 5) is 43.4. The molecule has 0 aliphatic heterocycles. The van der Waals surface area contributed by atoms with Crippen LogP contribution in [0.15, 0.2) is 35.4 Å². The van der Waals surface area contributed by atoms with Gasteiger partial charge in [0.1, 0.15) is 17.5 Å². The number of fused-ring (bicyclic) bond motifs is 1. The molecule has 1 N–H and O–H groups in total. The lowest BCUT2D eigenvalue weighted by atomic mass is 10.1. The van der Waals surface area contributed by atoms with Gasteiger partial charge in [0.25, 0.3) is 11.5 Å². The van der Waals surface area contributed by atoms with Crippen molar-refractivity contribution in [1.29, 1.82) is 0 Å². The molecule has 1 aromatic carbocycles. The summed E-state index contributed by atoms with van der Waals surface area (Å²) in [6, 6.07) is 6.61. The van der Waals surface area contributed by atoms with Gasteiger partial charge in [0.2, 0.25) is 0 Å². The third-order valence-electron chi connectivity index (χ3n) is 4.91. The molecule has 0 spiro atoms. The van der Waals surface area contributed by atoms with Crippen LogP contribution in [0.4, 0.5) is 5.69 Å². The van der Waals surface area contributed by atoms with Crippen LogP contribution in [0, 0.1) is 13.8 Å². The number of para-hydroxylation sites is 1. The summed E-state index contributed by atoms with van der Waals surface area (Å²) < 4.78 is 11.5. The molecule has 0 bridgehead atoms. The molecule has 2 heterocycles. The van der Waals surface area contributed by atoms with Crippen LogP contribution in [0.1, 0.15) is 40.7 Å². The van der Waals surface area contributed by atoms with E-state index < -0.39 is 12.0 Å². The number of aryl methyl sites for hydroxylation is 2. The van der Waals surface area contributed by atoms with Crippen LogP contribution in [0.3, 0.4) is 0 Å². The van der Waals surface area contributed by atoms with Crippen molar-refractivity contribution in [1.82, 2.24) is 9.55 Å². The van der Waals surface area contributed by atoms with Crippen molar-refractivity contribution < 1.29 is 19.1 Å². The Kier molecular flexibility index (Phi) is 7.19. The summed E-state index contributed by atoms with van der Waals surface area (Å²) in [7, 11) is 0. The molecule has 3 rings (SSSR count). The van der Waals surface area contributed by atoms with Crippen molar-refractivity contribution in [2.24, 2.45) is 0 Å². The molecule has 0 radical (unpaired) electrons. The van der Waals surface area contributed by atoms with Crippen LogP contribution in [0.25, 0.3) is 10.2 Å². The third kappa shape index (κ3) is 4.83. The average molecular weight is 444 g/mol. The maximum atomic E-state index is 13.1. The lowest BCUT2D eigenvalue weighted by Crippen LogP contribution is -2.30. The van der Waals surface area contributed by atoms with Gasteiger partial charge in [0.05, 0.1) is 23.2 Å². The highest BCUT2D eigenvalue weighted by molar-refractivity contribution is 7.20. The second-order valence-corrected chi connectivity index (χ2v) is 8.00. The summed E-state index contributed by atoms with van der Waals surface area (Å²) in [5.74, 6) is -0.850. The summed E-state index contributed by atoms with van der Waals surface area (Å²) in [6.07, 6.45) is 1.32. The predicted octanol–water partition coefficient (Wildman–Crippen LogP) is 3.47. The molecule has 0 fully saturated rings. The Hall–Kier alpha value is -3.04. The Labute approximate surface area is 183 Å². The number of ether oxygens (including phenoxy) is 2. The number of nitrogens with one attached hydrogen (secondary N) is 1. The molecular weight excluding hydrogens is 418 g/mol. The quantitative estimate of drug-likeness (QED) is 0.423. The highest BCUT2D eigenvalue weighted by Crippen LogP contribution is 2.28. The first-order valence-electron chi connectivity index (χ1n) is 9.96. The van der Waals surface area contributed by atoms with E-state index >= 15 is 0 Å². The minimum absolute atomic E-state index is 0.113. The number of aromatic nitrogens is 2. The van der Waals surface area contributed by atoms with Gasteiger partial charge in [-0.15, -0.1) is 11.3 Å². The smallest absolute Gasteiger partial charge is 0.329 e. The van der Waals surface area contributed by atoms with E-state index in [1.165, 1.54) is 10.9 Å². The molecule has 0 saturated carbocycles. The van der Waals surface area contributed by atoms with Gasteiger partial charge >= 0.3 is 5.97 Å². The van der Waals surface area contributed by atoms with Crippen LogP contribution >= 0.6 is 11.3 Å². The monoisotopic (exact) mass is 443 g/mol. The topological polar surface area (TPSA) is 99.5 Å². The Morgan fingerprint density at radius 1 is 1.23 bits per heavy atom. The lowest BCUT2D eigenvalue weighted by Gasteiger charge is -2.14. The number of anilines is 1. The van der Waals surface area contributed by atoms with Gasteiger partial charge in [0.15, 0.2) is 0 Å². The summed E-state index contributed by atoms with van der Waals surface area (Å²) in [5.41, 5.74) is 1.79. The Morgan fingerprint density at radius 2 is 1.97 bits per heavy atom. The lowest BCUT2D eigenvalue weighted by molar-refractivity contribution is -0.148. The van der Waals surface area contributed by atoms with Crippen molar-refractivity contribution in [2.75, 3.05) is 25.1 Å². The maximum Gasteiger partial charge on any atom is 0.329 e. The van der Waals surface area contributed by atoms with E-state index in [2.05, 4.69) is 10.3 Å². The first-order chi connectivity index (χ1) is 14.8. The summed E-state index contributed by atoms with van der Waals surface area (Å²) in [5, 5.41) is 3.22. The number of esters is 1. The largest absolute Gasteiger partial charge is 0.462 e. The molecular formula is C22H25N3O5S. The number of amides is 1. The Bertz CT molecular complexity index is 1170. The Morgan fingerprint density at radius 3 is 2.68 bits per heavy atom. The van der Waals surface area contributed by atoms with Crippen LogP contribution < -0.4 is 10.9 Å². The van der Waals surface area contributed by atoms with Crippen molar-refractivity contribution in [2.45, 2.75) is 33.7 Å². The first-order valence-corrected chi connectivity index (χ1v) is 10.8. The second kappa shape index (κ2) is 9.84. The molecule has 3 aromatic rings. The van der Waals surface area contributed by atoms with E-state index in [0.717, 1.165) is 16.9 Å². The van der Waals surface area contributed by atoms with Gasteiger partial charge in [-0.25, -0.2) is 9.78 Å². The molecule has 1 amide bonds. The molecule has 164 valence electrons. The molecule has 0 aliphatic rings. The van der Waals surface area contributed by atoms with Gasteiger partial charge < -0.3 is 14.8 Å². The first kappa shape index (κ1) is 22.6. The van der Waals surface area contributed by atoms with E-state index in [-0.39, 0.29) is 18.1 Å². The maximum absolute atomic E-state index is 13.1.